The average molecular weight is 297 g/mol. The molecule has 108 valence electrons. The van der Waals surface area contributed by atoms with Crippen LogP contribution >= 0.6 is 11.3 Å². The molecule has 3 nitrogen and oxygen atoms in total. The molecule has 4 rings (SSSR count). The van der Waals surface area contributed by atoms with E-state index in [4.69, 9.17) is 0 Å². The lowest BCUT2D eigenvalue weighted by Gasteiger charge is -2.06. The van der Waals surface area contributed by atoms with Gasteiger partial charge in [0.1, 0.15) is 5.01 Å². The zero-order valence-electron chi connectivity index (χ0n) is 12.2. The number of hydrogen-bond donors (Lipinski definition) is 1. The highest BCUT2D eigenvalue weighted by Gasteiger charge is 2.19. The Balaban J connectivity index is 1.56. The molecule has 0 spiro atoms. The summed E-state index contributed by atoms with van der Waals surface area (Å²) in [6.07, 6.45) is 4.84. The molecule has 1 N–H and O–H groups in total. The van der Waals surface area contributed by atoms with Crippen molar-refractivity contribution in [2.24, 2.45) is 0 Å². The molecule has 0 radical (unpaired) electrons. The van der Waals surface area contributed by atoms with Gasteiger partial charge in [-0.2, -0.15) is 0 Å². The number of rotatable bonds is 5. The average Bonchev–Trinajstić information content (AvgIpc) is 3.11. The number of nitrogens with zero attached hydrogens (tertiary/aromatic N) is 2. The number of benzene rings is 1. The van der Waals surface area contributed by atoms with E-state index in [0.29, 0.717) is 0 Å². The van der Waals surface area contributed by atoms with E-state index in [1.807, 2.05) is 6.92 Å². The van der Waals surface area contributed by atoms with Crippen LogP contribution in [0.2, 0.25) is 0 Å². The molecule has 2 aromatic heterocycles. The number of thiazole rings is 1. The van der Waals surface area contributed by atoms with Crippen LogP contribution in [0.1, 0.15) is 29.1 Å². The van der Waals surface area contributed by atoms with Gasteiger partial charge < -0.3 is 9.88 Å². The number of fused-ring (bicyclic) bond motifs is 1. The van der Waals surface area contributed by atoms with Gasteiger partial charge in [-0.15, -0.1) is 11.3 Å². The van der Waals surface area contributed by atoms with Crippen LogP contribution < -0.4 is 5.32 Å². The maximum absolute atomic E-state index is 4.55. The standard InChI is InChI=1S/C17H19N3S/c1-12-11-21-17(19-12)10-20-7-6-14-8-13(2-5-16(14)20)9-18-15-3-4-15/h2,5-8,11,15,18H,3-4,9-10H2,1H3. The summed E-state index contributed by atoms with van der Waals surface area (Å²) < 4.78 is 2.28. The van der Waals surface area contributed by atoms with Gasteiger partial charge in [-0.25, -0.2) is 4.98 Å². The highest BCUT2D eigenvalue weighted by atomic mass is 32.1. The van der Waals surface area contributed by atoms with Gasteiger partial charge in [0.2, 0.25) is 0 Å². The van der Waals surface area contributed by atoms with Crippen molar-refractivity contribution in [3.63, 3.8) is 0 Å². The Morgan fingerprint density at radius 2 is 2.24 bits per heavy atom. The molecular weight excluding hydrogens is 278 g/mol. The van der Waals surface area contributed by atoms with Crippen molar-refractivity contribution >= 4 is 22.2 Å². The molecule has 1 aromatic carbocycles. The summed E-state index contributed by atoms with van der Waals surface area (Å²) >= 11 is 1.74. The molecular formula is C17H19N3S. The Morgan fingerprint density at radius 1 is 1.33 bits per heavy atom. The Hall–Kier alpha value is -1.65. The first-order chi connectivity index (χ1) is 10.3. The van der Waals surface area contributed by atoms with Crippen LogP contribution in [0.5, 0.6) is 0 Å². The highest BCUT2D eigenvalue weighted by Crippen LogP contribution is 2.22. The minimum Gasteiger partial charge on any atom is -0.341 e. The number of nitrogens with one attached hydrogen (secondary N) is 1. The van der Waals surface area contributed by atoms with Gasteiger partial charge in [-0.05, 0) is 48.9 Å². The van der Waals surface area contributed by atoms with E-state index < -0.39 is 0 Å². The fourth-order valence-corrected chi connectivity index (χ4v) is 3.44. The van der Waals surface area contributed by atoms with Crippen molar-refractivity contribution < 1.29 is 0 Å². The van der Waals surface area contributed by atoms with E-state index in [1.54, 1.807) is 11.3 Å². The number of hydrogen-bond acceptors (Lipinski definition) is 3. The molecule has 1 saturated carbocycles. The van der Waals surface area contributed by atoms with Crippen LogP contribution in [0.3, 0.4) is 0 Å². The van der Waals surface area contributed by atoms with E-state index in [1.165, 1.54) is 34.3 Å². The van der Waals surface area contributed by atoms with Gasteiger partial charge in [0.15, 0.2) is 0 Å². The molecule has 1 aliphatic carbocycles. The van der Waals surface area contributed by atoms with E-state index in [0.717, 1.165) is 24.8 Å². The third-order valence-electron chi connectivity index (χ3n) is 3.98. The molecule has 4 heteroatoms. The highest BCUT2D eigenvalue weighted by molar-refractivity contribution is 7.09. The van der Waals surface area contributed by atoms with Gasteiger partial charge >= 0.3 is 0 Å². The predicted octanol–water partition coefficient (Wildman–Crippen LogP) is 3.71. The van der Waals surface area contributed by atoms with E-state index in [2.05, 4.69) is 50.7 Å². The van der Waals surface area contributed by atoms with Crippen molar-refractivity contribution in [3.8, 4) is 0 Å². The molecule has 0 saturated heterocycles. The Morgan fingerprint density at radius 3 is 3.00 bits per heavy atom. The third-order valence-corrected chi connectivity index (χ3v) is 4.93. The quantitative estimate of drug-likeness (QED) is 0.778. The van der Waals surface area contributed by atoms with Crippen molar-refractivity contribution in [3.05, 3.63) is 52.1 Å². The fourth-order valence-electron chi connectivity index (χ4n) is 2.67. The van der Waals surface area contributed by atoms with Gasteiger partial charge in [0.25, 0.3) is 0 Å². The molecule has 1 fully saturated rings. The van der Waals surface area contributed by atoms with Crippen molar-refractivity contribution in [2.45, 2.75) is 38.9 Å². The Bertz CT molecular complexity index is 767. The molecule has 2 heterocycles. The molecule has 1 aliphatic rings. The third kappa shape index (κ3) is 2.87. The maximum atomic E-state index is 4.55. The SMILES string of the molecule is Cc1csc(Cn2ccc3cc(CNC4CC4)ccc32)n1. The number of aryl methyl sites for hydroxylation is 1. The maximum Gasteiger partial charge on any atom is 0.113 e. The second-order valence-electron chi connectivity index (χ2n) is 5.87. The first-order valence-electron chi connectivity index (χ1n) is 7.50. The zero-order chi connectivity index (χ0) is 14.2. The molecule has 0 amide bonds. The summed E-state index contributed by atoms with van der Waals surface area (Å²) in [5.74, 6) is 0. The van der Waals surface area contributed by atoms with Crippen LogP contribution in [-0.4, -0.2) is 15.6 Å². The first-order valence-corrected chi connectivity index (χ1v) is 8.38. The predicted molar refractivity (Wildman–Crippen MR) is 87.8 cm³/mol. The lowest BCUT2D eigenvalue weighted by molar-refractivity contribution is 0.688. The van der Waals surface area contributed by atoms with Gasteiger partial charge in [-0.1, -0.05) is 6.07 Å². The summed E-state index contributed by atoms with van der Waals surface area (Å²) in [6, 6.07) is 9.74. The molecule has 21 heavy (non-hydrogen) atoms. The van der Waals surface area contributed by atoms with E-state index >= 15 is 0 Å². The van der Waals surface area contributed by atoms with Crippen LogP contribution in [-0.2, 0) is 13.1 Å². The molecule has 0 bridgehead atoms. The summed E-state index contributed by atoms with van der Waals surface area (Å²) in [5.41, 5.74) is 3.77. The summed E-state index contributed by atoms with van der Waals surface area (Å²) in [4.78, 5) is 4.55. The molecule has 0 aliphatic heterocycles. The Kier molecular flexibility index (Phi) is 3.28. The summed E-state index contributed by atoms with van der Waals surface area (Å²) in [7, 11) is 0. The summed E-state index contributed by atoms with van der Waals surface area (Å²) in [5, 5.41) is 8.17. The van der Waals surface area contributed by atoms with Crippen molar-refractivity contribution in [1.82, 2.24) is 14.9 Å². The molecule has 3 aromatic rings. The van der Waals surface area contributed by atoms with Gasteiger partial charge in [0.05, 0.1) is 6.54 Å². The molecule has 0 unspecified atom stereocenters. The lowest BCUT2D eigenvalue weighted by Crippen LogP contribution is -2.15. The smallest absolute Gasteiger partial charge is 0.113 e. The topological polar surface area (TPSA) is 29.9 Å². The van der Waals surface area contributed by atoms with Crippen molar-refractivity contribution in [2.75, 3.05) is 0 Å². The van der Waals surface area contributed by atoms with Gasteiger partial charge in [-0.3, -0.25) is 0 Å². The van der Waals surface area contributed by atoms with Gasteiger partial charge in [0, 0.05) is 35.4 Å². The number of aromatic nitrogens is 2. The minimum absolute atomic E-state index is 0.762. The second-order valence-corrected chi connectivity index (χ2v) is 6.82. The monoisotopic (exact) mass is 297 g/mol. The normalized spacial score (nSPS) is 14.9. The Labute approximate surface area is 128 Å². The van der Waals surface area contributed by atoms with Crippen LogP contribution in [0.4, 0.5) is 0 Å². The molecule has 0 atom stereocenters. The van der Waals surface area contributed by atoms with E-state index in [9.17, 15) is 0 Å². The van der Waals surface area contributed by atoms with Crippen LogP contribution in [0.15, 0.2) is 35.8 Å². The largest absolute Gasteiger partial charge is 0.341 e. The fraction of sp³-hybridized carbons (Fsp3) is 0.353. The first kappa shape index (κ1) is 13.0. The van der Waals surface area contributed by atoms with E-state index in [-0.39, 0.29) is 0 Å². The minimum atomic E-state index is 0.762. The second kappa shape index (κ2) is 5.28. The van der Waals surface area contributed by atoms with Crippen LogP contribution in [0.25, 0.3) is 10.9 Å². The summed E-state index contributed by atoms with van der Waals surface area (Å²) in [6.45, 7) is 3.89. The zero-order valence-corrected chi connectivity index (χ0v) is 13.0. The lowest BCUT2D eigenvalue weighted by atomic mass is 10.1. The van der Waals surface area contributed by atoms with Crippen molar-refractivity contribution in [1.29, 1.82) is 0 Å². The van der Waals surface area contributed by atoms with Crippen LogP contribution in [0, 0.1) is 6.92 Å².